The summed E-state index contributed by atoms with van der Waals surface area (Å²) >= 11 is 12.1. The number of morpholine rings is 1. The highest BCUT2D eigenvalue weighted by atomic mass is 35.5. The number of nitrogens with zero attached hydrogens (tertiary/aromatic N) is 2. The minimum Gasteiger partial charge on any atom is -0.505 e. The van der Waals surface area contributed by atoms with Gasteiger partial charge in [0, 0.05) is 26.2 Å². The van der Waals surface area contributed by atoms with Crippen LogP contribution in [0.1, 0.15) is 42.9 Å². The standard InChI is InChI=1S/C35H42Cl2N2O9S/c1-44-32-12-10-24(20-33(32)45-2)9-11-31(25-6-5-7-26(21-25)47-19-16-38-14-17-46-18-15-38)48-35(41)30-8-3-4-13-39(30)49(42,43)27-22-28(36)34(40)29(37)23-27/h5-7,10,12,20-23,30-31,40H,3-4,8-9,11,13-19H2,1-2H3/t30?,31-/m1/s1. The number of phenols is 1. The molecule has 1 N–H and O–H groups in total. The van der Waals surface area contributed by atoms with Gasteiger partial charge in [-0.2, -0.15) is 4.31 Å². The first-order valence-electron chi connectivity index (χ1n) is 16.2. The number of carbonyl (C=O) groups excluding carboxylic acids is 1. The highest BCUT2D eigenvalue weighted by molar-refractivity contribution is 7.89. The van der Waals surface area contributed by atoms with E-state index in [0.717, 1.165) is 47.2 Å². The van der Waals surface area contributed by atoms with Crippen molar-refractivity contribution < 1.29 is 42.0 Å². The lowest BCUT2D eigenvalue weighted by molar-refractivity contribution is -0.155. The van der Waals surface area contributed by atoms with E-state index in [9.17, 15) is 18.3 Å². The lowest BCUT2D eigenvalue weighted by Gasteiger charge is -2.34. The molecule has 0 aromatic heterocycles. The Morgan fingerprint density at radius 2 is 1.71 bits per heavy atom. The maximum absolute atomic E-state index is 14.0. The van der Waals surface area contributed by atoms with Crippen LogP contribution < -0.4 is 14.2 Å². The smallest absolute Gasteiger partial charge is 0.325 e. The van der Waals surface area contributed by atoms with Crippen molar-refractivity contribution in [3.63, 3.8) is 0 Å². The minimum absolute atomic E-state index is 0.112. The van der Waals surface area contributed by atoms with E-state index >= 15 is 0 Å². The number of rotatable bonds is 14. The Kier molecular flexibility index (Phi) is 12.9. The molecule has 3 aromatic rings. The molecule has 2 aliphatic heterocycles. The third-order valence-electron chi connectivity index (χ3n) is 8.73. The molecule has 266 valence electrons. The minimum atomic E-state index is -4.22. The third kappa shape index (κ3) is 9.30. The summed E-state index contributed by atoms with van der Waals surface area (Å²) in [5.74, 6) is 0.755. The van der Waals surface area contributed by atoms with E-state index in [2.05, 4.69) is 4.90 Å². The molecule has 1 unspecified atom stereocenters. The van der Waals surface area contributed by atoms with E-state index in [0.29, 0.717) is 62.8 Å². The molecule has 0 bridgehead atoms. The fourth-order valence-corrected chi connectivity index (χ4v) is 8.34. The van der Waals surface area contributed by atoms with Crippen molar-refractivity contribution in [2.45, 2.75) is 49.1 Å². The number of methoxy groups -OCH3 is 2. The number of ether oxygens (including phenoxy) is 5. The second kappa shape index (κ2) is 17.1. The van der Waals surface area contributed by atoms with Crippen LogP contribution in [0.5, 0.6) is 23.0 Å². The number of carbonyl (C=O) groups is 1. The number of benzene rings is 3. The summed E-state index contributed by atoms with van der Waals surface area (Å²) in [6, 6.07) is 14.3. The van der Waals surface area contributed by atoms with Crippen molar-refractivity contribution in [1.29, 1.82) is 0 Å². The predicted molar refractivity (Wildman–Crippen MR) is 186 cm³/mol. The molecular formula is C35H42Cl2N2O9S. The molecular weight excluding hydrogens is 695 g/mol. The Morgan fingerprint density at radius 3 is 2.43 bits per heavy atom. The number of piperidine rings is 1. The molecule has 0 saturated carbocycles. The molecule has 49 heavy (non-hydrogen) atoms. The molecule has 14 heteroatoms. The molecule has 0 aliphatic carbocycles. The largest absolute Gasteiger partial charge is 0.505 e. The summed E-state index contributed by atoms with van der Waals surface area (Å²) in [6.07, 6.45) is 1.71. The number of sulfonamides is 1. The average Bonchev–Trinajstić information content (AvgIpc) is 3.12. The lowest BCUT2D eigenvalue weighted by atomic mass is 10.00. The van der Waals surface area contributed by atoms with E-state index < -0.39 is 33.9 Å². The highest BCUT2D eigenvalue weighted by Crippen LogP contribution is 2.37. The average molecular weight is 738 g/mol. The summed E-state index contributed by atoms with van der Waals surface area (Å²) in [4.78, 5) is 16.0. The number of hydrogen-bond acceptors (Lipinski definition) is 10. The molecule has 2 heterocycles. The second-order valence-electron chi connectivity index (χ2n) is 11.9. The zero-order valence-corrected chi connectivity index (χ0v) is 29.9. The van der Waals surface area contributed by atoms with E-state index in [1.807, 2.05) is 42.5 Å². The molecule has 5 rings (SSSR count). The first-order chi connectivity index (χ1) is 23.6. The van der Waals surface area contributed by atoms with Crippen molar-refractivity contribution in [3.05, 3.63) is 75.8 Å². The normalized spacial score (nSPS) is 18.1. The molecule has 11 nitrogen and oxygen atoms in total. The van der Waals surface area contributed by atoms with Crippen LogP contribution >= 0.6 is 23.2 Å². The first kappa shape index (κ1) is 37.0. The van der Waals surface area contributed by atoms with Crippen LogP contribution in [0.25, 0.3) is 0 Å². The first-order valence-corrected chi connectivity index (χ1v) is 18.4. The van der Waals surface area contributed by atoms with E-state index in [1.54, 1.807) is 14.2 Å². The van der Waals surface area contributed by atoms with Crippen molar-refractivity contribution in [2.75, 3.05) is 60.2 Å². The van der Waals surface area contributed by atoms with Gasteiger partial charge in [-0.15, -0.1) is 0 Å². The van der Waals surface area contributed by atoms with Crippen LogP contribution in [-0.2, 0) is 30.7 Å². The zero-order chi connectivity index (χ0) is 35.0. The molecule has 2 saturated heterocycles. The van der Waals surface area contributed by atoms with E-state index in [1.165, 1.54) is 0 Å². The van der Waals surface area contributed by atoms with E-state index in [4.69, 9.17) is 46.9 Å². The predicted octanol–water partition coefficient (Wildman–Crippen LogP) is 5.89. The van der Waals surface area contributed by atoms with E-state index in [-0.39, 0.29) is 27.9 Å². The number of aromatic hydroxyl groups is 1. The zero-order valence-electron chi connectivity index (χ0n) is 27.6. The molecule has 3 aromatic carbocycles. The van der Waals surface area contributed by atoms with Crippen molar-refractivity contribution in [3.8, 4) is 23.0 Å². The Labute approximate surface area is 297 Å². The monoisotopic (exact) mass is 736 g/mol. The van der Waals surface area contributed by atoms with Gasteiger partial charge < -0.3 is 28.8 Å². The molecule has 0 spiro atoms. The topological polar surface area (TPSA) is 124 Å². The molecule has 2 fully saturated rings. The summed E-state index contributed by atoms with van der Waals surface area (Å²) in [7, 11) is -1.08. The molecule has 2 aliphatic rings. The maximum atomic E-state index is 14.0. The van der Waals surface area contributed by atoms with Crippen LogP contribution in [0.2, 0.25) is 10.0 Å². The van der Waals surface area contributed by atoms with Gasteiger partial charge in [-0.3, -0.25) is 9.69 Å². The SMILES string of the molecule is COc1ccc(CC[C@@H](OC(=O)C2CCCCN2S(=O)(=O)c2cc(Cl)c(O)c(Cl)c2)c2cccc(OCCN3CCOCC3)c2)cc1OC. The van der Waals surface area contributed by atoms with Gasteiger partial charge >= 0.3 is 5.97 Å². The Hall–Kier alpha value is -3.26. The second-order valence-corrected chi connectivity index (χ2v) is 14.6. The number of phenolic OH excluding ortho intramolecular Hbond substituents is 1. The molecule has 2 atom stereocenters. The van der Waals surface area contributed by atoms with Gasteiger partial charge in [0.15, 0.2) is 17.2 Å². The van der Waals surface area contributed by atoms with Crippen molar-refractivity contribution in [2.24, 2.45) is 0 Å². The van der Waals surface area contributed by atoms with Crippen LogP contribution in [0.15, 0.2) is 59.5 Å². The maximum Gasteiger partial charge on any atom is 0.325 e. The summed E-state index contributed by atoms with van der Waals surface area (Å²) in [5.41, 5.74) is 1.67. The van der Waals surface area contributed by atoms with Crippen LogP contribution in [0, 0.1) is 0 Å². The molecule has 0 radical (unpaired) electrons. The fourth-order valence-electron chi connectivity index (χ4n) is 6.02. The third-order valence-corrected chi connectivity index (χ3v) is 11.2. The van der Waals surface area contributed by atoms with Crippen LogP contribution in [0.3, 0.4) is 0 Å². The Morgan fingerprint density at radius 1 is 0.980 bits per heavy atom. The van der Waals surface area contributed by atoms with Gasteiger partial charge in [-0.25, -0.2) is 8.42 Å². The van der Waals surface area contributed by atoms with Crippen molar-refractivity contribution in [1.82, 2.24) is 9.21 Å². The lowest BCUT2D eigenvalue weighted by Crippen LogP contribution is -2.48. The Bertz CT molecular complexity index is 1680. The number of aryl methyl sites for hydroxylation is 1. The number of esters is 1. The van der Waals surface area contributed by atoms with Crippen molar-refractivity contribution >= 4 is 39.2 Å². The van der Waals surface area contributed by atoms with Gasteiger partial charge in [0.2, 0.25) is 10.0 Å². The van der Waals surface area contributed by atoms with Crippen LogP contribution in [0.4, 0.5) is 0 Å². The fraction of sp³-hybridized carbons (Fsp3) is 0.457. The summed E-state index contributed by atoms with van der Waals surface area (Å²) in [6.45, 7) is 4.49. The van der Waals surface area contributed by atoms with Crippen LogP contribution in [-0.4, -0.2) is 95.0 Å². The number of hydrogen-bond donors (Lipinski definition) is 1. The Balaban J connectivity index is 1.37. The highest BCUT2D eigenvalue weighted by Gasteiger charge is 2.40. The molecule has 0 amide bonds. The van der Waals surface area contributed by atoms with Gasteiger partial charge in [-0.1, -0.05) is 41.4 Å². The quantitative estimate of drug-likeness (QED) is 0.201. The van der Waals surface area contributed by atoms with Gasteiger partial charge in [0.1, 0.15) is 24.5 Å². The van der Waals surface area contributed by atoms with Gasteiger partial charge in [0.25, 0.3) is 0 Å². The van der Waals surface area contributed by atoms with Gasteiger partial charge in [-0.05, 0) is 79.6 Å². The summed E-state index contributed by atoms with van der Waals surface area (Å²) < 4.78 is 57.4. The number of halogens is 2. The van der Waals surface area contributed by atoms with Gasteiger partial charge in [0.05, 0.1) is 42.4 Å². The summed E-state index contributed by atoms with van der Waals surface area (Å²) in [5, 5.41) is 9.59.